The third-order valence-electron chi connectivity index (χ3n) is 6.57. The topological polar surface area (TPSA) is 82.4 Å². The minimum absolute atomic E-state index is 0.00225. The minimum Gasteiger partial charge on any atom is -0.366 e. The average Bonchev–Trinajstić information content (AvgIpc) is 3.34. The van der Waals surface area contributed by atoms with E-state index in [1.54, 1.807) is 25.1 Å². The number of halogens is 1. The zero-order chi connectivity index (χ0) is 21.7. The van der Waals surface area contributed by atoms with E-state index in [2.05, 4.69) is 16.8 Å². The molecule has 2 aliphatic heterocycles. The SMILES string of the molecule is CC#CC(=O)N1CCCC2CN(c3c(F)ccc4[nH]c5cccc(C(N)=O)c5c34)CC21. The van der Waals surface area contributed by atoms with E-state index in [0.29, 0.717) is 41.7 Å². The Kier molecular flexibility index (Phi) is 4.58. The summed E-state index contributed by atoms with van der Waals surface area (Å²) in [5.41, 5.74) is 7.94. The monoisotopic (exact) mass is 418 g/mol. The molecule has 3 aromatic rings. The van der Waals surface area contributed by atoms with E-state index in [1.807, 2.05) is 15.9 Å². The lowest BCUT2D eigenvalue weighted by Crippen LogP contribution is -2.48. The van der Waals surface area contributed by atoms with E-state index in [4.69, 9.17) is 5.73 Å². The number of nitrogens with two attached hydrogens (primary N) is 1. The van der Waals surface area contributed by atoms with Crippen LogP contribution in [0.15, 0.2) is 30.3 Å². The summed E-state index contributed by atoms with van der Waals surface area (Å²) < 4.78 is 15.3. The van der Waals surface area contributed by atoms with E-state index < -0.39 is 5.91 Å². The van der Waals surface area contributed by atoms with Gasteiger partial charge in [0.1, 0.15) is 5.82 Å². The number of anilines is 1. The number of carbonyl (C=O) groups is 2. The molecule has 7 heteroatoms. The Morgan fingerprint density at radius 2 is 1.97 bits per heavy atom. The van der Waals surface area contributed by atoms with E-state index in [9.17, 15) is 9.59 Å². The van der Waals surface area contributed by atoms with Crippen LogP contribution in [0.1, 0.15) is 30.1 Å². The summed E-state index contributed by atoms with van der Waals surface area (Å²) >= 11 is 0. The first-order valence-corrected chi connectivity index (χ1v) is 10.5. The highest BCUT2D eigenvalue weighted by atomic mass is 19.1. The summed E-state index contributed by atoms with van der Waals surface area (Å²) in [5, 5.41) is 1.30. The highest BCUT2D eigenvalue weighted by molar-refractivity contribution is 6.21. The van der Waals surface area contributed by atoms with Crippen molar-refractivity contribution in [2.45, 2.75) is 25.8 Å². The van der Waals surface area contributed by atoms with Gasteiger partial charge in [-0.3, -0.25) is 9.59 Å². The molecular formula is C24H23FN4O2. The third kappa shape index (κ3) is 3.02. The Morgan fingerprint density at radius 1 is 1.16 bits per heavy atom. The van der Waals surface area contributed by atoms with Gasteiger partial charge in [0.25, 0.3) is 5.91 Å². The molecule has 2 amide bonds. The first kappa shape index (κ1) is 19.4. The van der Waals surface area contributed by atoms with E-state index in [-0.39, 0.29) is 23.7 Å². The molecule has 2 unspecified atom stereocenters. The summed E-state index contributed by atoms with van der Waals surface area (Å²) in [7, 11) is 0. The van der Waals surface area contributed by atoms with Crippen molar-refractivity contribution in [3.63, 3.8) is 0 Å². The van der Waals surface area contributed by atoms with Gasteiger partial charge in [0.15, 0.2) is 0 Å². The van der Waals surface area contributed by atoms with Crippen molar-refractivity contribution in [1.29, 1.82) is 0 Å². The van der Waals surface area contributed by atoms with Gasteiger partial charge < -0.3 is 20.5 Å². The minimum atomic E-state index is -0.549. The standard InChI is InChI=1S/C24H23FN4O2/c1-2-5-20(30)29-11-4-6-14-12-28(13-19(14)29)23-16(25)9-10-18-22(23)21-15(24(26)31)7-3-8-17(21)27-18/h3,7-10,14,19,27H,4,6,11-13H2,1H3,(H2,26,31). The number of amides is 2. The molecule has 0 bridgehead atoms. The molecule has 5 rings (SSSR count). The number of nitrogens with zero attached hydrogens (tertiary/aromatic N) is 2. The Labute approximate surface area is 179 Å². The molecule has 0 aliphatic carbocycles. The van der Waals surface area contributed by atoms with Gasteiger partial charge in [-0.15, -0.1) is 0 Å². The maximum absolute atomic E-state index is 15.3. The van der Waals surface area contributed by atoms with E-state index in [0.717, 1.165) is 23.9 Å². The highest BCUT2D eigenvalue weighted by Gasteiger charge is 2.42. The van der Waals surface area contributed by atoms with Gasteiger partial charge in [0.2, 0.25) is 5.91 Å². The summed E-state index contributed by atoms with van der Waals surface area (Å²) in [5.74, 6) is 4.53. The number of piperidine rings is 1. The Hall–Kier alpha value is -3.53. The van der Waals surface area contributed by atoms with Crippen LogP contribution < -0.4 is 10.6 Å². The molecule has 0 spiro atoms. The zero-order valence-electron chi connectivity index (χ0n) is 17.2. The van der Waals surface area contributed by atoms with Crippen LogP contribution >= 0.6 is 0 Å². The number of fused-ring (bicyclic) bond motifs is 4. The number of primary amides is 1. The number of aromatic amines is 1. The fourth-order valence-electron chi connectivity index (χ4n) is 5.30. The molecular weight excluding hydrogens is 395 g/mol. The van der Waals surface area contributed by atoms with Crippen LogP contribution in [0, 0.1) is 23.6 Å². The normalized spacial score (nSPS) is 20.6. The first-order valence-electron chi connectivity index (χ1n) is 10.5. The van der Waals surface area contributed by atoms with E-state index >= 15 is 4.39 Å². The molecule has 2 saturated heterocycles. The van der Waals surface area contributed by atoms with Crippen LogP contribution in [-0.2, 0) is 4.79 Å². The molecule has 2 fully saturated rings. The van der Waals surface area contributed by atoms with Crippen LogP contribution in [-0.4, -0.2) is 47.4 Å². The van der Waals surface area contributed by atoms with Crippen molar-refractivity contribution in [3.05, 3.63) is 41.7 Å². The number of nitrogens with one attached hydrogen (secondary N) is 1. The predicted octanol–water partition coefficient (Wildman–Crippen LogP) is 3.01. The molecule has 3 heterocycles. The summed E-state index contributed by atoms with van der Waals surface area (Å²) in [6.07, 6.45) is 1.90. The highest BCUT2D eigenvalue weighted by Crippen LogP contribution is 2.41. The van der Waals surface area contributed by atoms with Gasteiger partial charge in [0.05, 0.1) is 11.7 Å². The van der Waals surface area contributed by atoms with Crippen molar-refractivity contribution < 1.29 is 14.0 Å². The second-order valence-corrected chi connectivity index (χ2v) is 8.28. The Balaban J connectivity index is 1.65. The van der Waals surface area contributed by atoms with Crippen molar-refractivity contribution in [2.75, 3.05) is 24.5 Å². The molecule has 6 nitrogen and oxygen atoms in total. The van der Waals surface area contributed by atoms with Crippen molar-refractivity contribution in [1.82, 2.24) is 9.88 Å². The van der Waals surface area contributed by atoms with Gasteiger partial charge in [0, 0.05) is 47.0 Å². The molecule has 0 saturated carbocycles. The maximum Gasteiger partial charge on any atom is 0.298 e. The molecule has 2 aliphatic rings. The molecule has 2 aromatic carbocycles. The van der Waals surface area contributed by atoms with Crippen LogP contribution in [0.4, 0.5) is 10.1 Å². The average molecular weight is 418 g/mol. The molecule has 31 heavy (non-hydrogen) atoms. The van der Waals surface area contributed by atoms with Crippen molar-refractivity contribution >= 4 is 39.3 Å². The number of benzene rings is 2. The molecule has 3 N–H and O–H groups in total. The second kappa shape index (κ2) is 7.31. The number of hydrogen-bond acceptors (Lipinski definition) is 3. The number of hydrogen-bond donors (Lipinski definition) is 2. The van der Waals surface area contributed by atoms with Gasteiger partial charge in [-0.1, -0.05) is 12.0 Å². The van der Waals surface area contributed by atoms with Crippen molar-refractivity contribution in [3.8, 4) is 11.8 Å². The van der Waals surface area contributed by atoms with E-state index in [1.165, 1.54) is 6.07 Å². The number of likely N-dealkylation sites (tertiary alicyclic amines) is 1. The van der Waals surface area contributed by atoms with Gasteiger partial charge in [-0.25, -0.2) is 4.39 Å². The number of rotatable bonds is 2. The van der Waals surface area contributed by atoms with Crippen molar-refractivity contribution in [2.24, 2.45) is 11.7 Å². The molecule has 158 valence electrons. The number of H-pyrrole nitrogens is 1. The van der Waals surface area contributed by atoms with Gasteiger partial charge >= 0.3 is 0 Å². The number of aromatic nitrogens is 1. The summed E-state index contributed by atoms with van der Waals surface area (Å²) in [6.45, 7) is 3.51. The number of carbonyl (C=O) groups excluding carboxylic acids is 2. The maximum atomic E-state index is 15.3. The Morgan fingerprint density at radius 3 is 2.74 bits per heavy atom. The first-order chi connectivity index (χ1) is 15.0. The fraction of sp³-hybridized carbons (Fsp3) is 0.333. The predicted molar refractivity (Wildman–Crippen MR) is 118 cm³/mol. The molecule has 1 aromatic heterocycles. The molecule has 2 atom stereocenters. The van der Waals surface area contributed by atoms with Gasteiger partial charge in [-0.2, -0.15) is 0 Å². The molecule has 0 radical (unpaired) electrons. The van der Waals surface area contributed by atoms with Crippen LogP contribution in [0.5, 0.6) is 0 Å². The largest absolute Gasteiger partial charge is 0.366 e. The summed E-state index contributed by atoms with van der Waals surface area (Å²) in [4.78, 5) is 31.8. The van der Waals surface area contributed by atoms with Crippen LogP contribution in [0.2, 0.25) is 0 Å². The fourth-order valence-corrected chi connectivity index (χ4v) is 5.30. The third-order valence-corrected chi connectivity index (χ3v) is 6.57. The van der Waals surface area contributed by atoms with Crippen LogP contribution in [0.3, 0.4) is 0 Å². The quantitative estimate of drug-likeness (QED) is 0.628. The van der Waals surface area contributed by atoms with Gasteiger partial charge in [-0.05, 0) is 55.9 Å². The lowest BCUT2D eigenvalue weighted by Gasteiger charge is -2.35. The Bertz CT molecular complexity index is 1290. The lowest BCUT2D eigenvalue weighted by molar-refractivity contribution is -0.129. The zero-order valence-corrected chi connectivity index (χ0v) is 17.2. The summed E-state index contributed by atoms with van der Waals surface area (Å²) in [6, 6.07) is 8.42. The second-order valence-electron chi connectivity index (χ2n) is 8.28. The smallest absolute Gasteiger partial charge is 0.298 e. The lowest BCUT2D eigenvalue weighted by atomic mass is 9.92. The van der Waals surface area contributed by atoms with Crippen LogP contribution in [0.25, 0.3) is 21.8 Å².